The summed E-state index contributed by atoms with van der Waals surface area (Å²) in [5.74, 6) is 1.01. The number of rotatable bonds is 6. The molecule has 5 nitrogen and oxygen atoms in total. The van der Waals surface area contributed by atoms with E-state index < -0.39 is 0 Å². The molecule has 0 aliphatic carbocycles. The van der Waals surface area contributed by atoms with E-state index in [9.17, 15) is 4.79 Å². The average molecular weight is 383 g/mol. The molecule has 0 aliphatic rings. The van der Waals surface area contributed by atoms with Crippen LogP contribution in [0.3, 0.4) is 0 Å². The Bertz CT molecular complexity index is 672. The maximum Gasteiger partial charge on any atom is 0.281 e. The van der Waals surface area contributed by atoms with Gasteiger partial charge >= 0.3 is 0 Å². The monoisotopic (exact) mass is 382 g/mol. The molecule has 2 aromatic rings. The van der Waals surface area contributed by atoms with Crippen LogP contribution in [0.15, 0.2) is 39.2 Å². The highest BCUT2D eigenvalue weighted by molar-refractivity contribution is 9.10. The van der Waals surface area contributed by atoms with E-state index in [1.165, 1.54) is 11.3 Å². The third kappa shape index (κ3) is 4.08. The molecule has 1 aromatic carbocycles. The molecule has 0 atom stereocenters. The fourth-order valence-corrected chi connectivity index (χ4v) is 2.99. The zero-order valence-corrected chi connectivity index (χ0v) is 14.5. The molecule has 116 valence electrons. The summed E-state index contributed by atoms with van der Waals surface area (Å²) in [7, 11) is 1.58. The molecule has 0 saturated carbocycles. The Morgan fingerprint density at radius 2 is 2.32 bits per heavy atom. The van der Waals surface area contributed by atoms with Gasteiger partial charge in [-0.15, -0.1) is 11.3 Å². The van der Waals surface area contributed by atoms with Gasteiger partial charge in [-0.05, 0) is 52.0 Å². The first-order valence-electron chi connectivity index (χ1n) is 6.53. The van der Waals surface area contributed by atoms with E-state index in [0.717, 1.165) is 10.0 Å². The smallest absolute Gasteiger partial charge is 0.281 e. The van der Waals surface area contributed by atoms with Crippen molar-refractivity contribution >= 4 is 39.4 Å². The number of carbonyl (C=O) groups excluding carboxylic acids is 1. The second kappa shape index (κ2) is 7.95. The van der Waals surface area contributed by atoms with Crippen molar-refractivity contribution in [2.24, 2.45) is 5.10 Å². The number of benzene rings is 1. The summed E-state index contributed by atoms with van der Waals surface area (Å²) in [5.41, 5.74) is 3.27. The van der Waals surface area contributed by atoms with Gasteiger partial charge < -0.3 is 9.47 Å². The summed E-state index contributed by atoms with van der Waals surface area (Å²) in [6.45, 7) is 2.42. The van der Waals surface area contributed by atoms with Crippen LogP contribution < -0.4 is 14.9 Å². The van der Waals surface area contributed by atoms with E-state index in [2.05, 4.69) is 26.5 Å². The van der Waals surface area contributed by atoms with Crippen molar-refractivity contribution in [2.75, 3.05) is 13.7 Å². The zero-order chi connectivity index (χ0) is 15.9. The van der Waals surface area contributed by atoms with E-state index in [4.69, 9.17) is 9.47 Å². The van der Waals surface area contributed by atoms with Crippen LogP contribution >= 0.6 is 27.3 Å². The van der Waals surface area contributed by atoms with Crippen molar-refractivity contribution in [2.45, 2.75) is 6.92 Å². The summed E-state index contributed by atoms with van der Waals surface area (Å²) in [4.78, 5) is 12.4. The minimum Gasteiger partial charge on any atom is -0.492 e. The Labute approximate surface area is 141 Å². The van der Waals surface area contributed by atoms with E-state index in [1.807, 2.05) is 24.4 Å². The number of carbonyl (C=O) groups is 1. The van der Waals surface area contributed by atoms with Crippen molar-refractivity contribution < 1.29 is 14.3 Å². The largest absolute Gasteiger partial charge is 0.492 e. The van der Waals surface area contributed by atoms with Crippen LogP contribution in [-0.4, -0.2) is 25.8 Å². The Morgan fingerprint density at radius 3 is 2.95 bits per heavy atom. The number of hydrogen-bond donors (Lipinski definition) is 1. The fourth-order valence-electron chi connectivity index (χ4n) is 1.75. The standard InChI is InChI=1S/C15H15BrN2O3S/c1-3-21-12-8-10(7-11(16)14(12)20-2)9-17-18-15(19)13-5-4-6-22-13/h4-9H,3H2,1-2H3,(H,18,19)/b17-9+. The van der Waals surface area contributed by atoms with Crippen molar-refractivity contribution in [1.29, 1.82) is 0 Å². The molecule has 0 unspecified atom stereocenters. The third-order valence-electron chi connectivity index (χ3n) is 2.66. The molecule has 7 heteroatoms. The molecule has 0 aliphatic heterocycles. The number of halogens is 1. The highest BCUT2D eigenvalue weighted by atomic mass is 79.9. The number of hydrogen-bond acceptors (Lipinski definition) is 5. The number of ether oxygens (including phenoxy) is 2. The maximum absolute atomic E-state index is 11.8. The predicted molar refractivity (Wildman–Crippen MR) is 91.2 cm³/mol. The lowest BCUT2D eigenvalue weighted by Crippen LogP contribution is -2.16. The van der Waals surface area contributed by atoms with Gasteiger partial charge in [0.1, 0.15) is 0 Å². The second-order valence-corrected chi connectivity index (χ2v) is 5.95. The van der Waals surface area contributed by atoms with E-state index in [1.54, 1.807) is 25.5 Å². The molecular weight excluding hydrogens is 368 g/mol. The number of nitrogens with one attached hydrogen (secondary N) is 1. The quantitative estimate of drug-likeness (QED) is 0.612. The maximum atomic E-state index is 11.8. The topological polar surface area (TPSA) is 59.9 Å². The molecule has 1 aromatic heterocycles. The van der Waals surface area contributed by atoms with Crippen LogP contribution in [0.25, 0.3) is 0 Å². The van der Waals surface area contributed by atoms with Gasteiger partial charge in [-0.2, -0.15) is 5.10 Å². The van der Waals surface area contributed by atoms with Gasteiger partial charge in [-0.25, -0.2) is 5.43 Å². The molecule has 0 spiro atoms. The Kier molecular flexibility index (Phi) is 5.97. The Hall–Kier alpha value is -1.86. The highest BCUT2D eigenvalue weighted by Gasteiger charge is 2.10. The zero-order valence-electron chi connectivity index (χ0n) is 12.1. The summed E-state index contributed by atoms with van der Waals surface area (Å²) in [6, 6.07) is 7.20. The second-order valence-electron chi connectivity index (χ2n) is 4.14. The van der Waals surface area contributed by atoms with Crippen LogP contribution in [0.2, 0.25) is 0 Å². The minimum atomic E-state index is -0.233. The SMILES string of the molecule is CCOc1cc(/C=N/NC(=O)c2cccs2)cc(Br)c1OC. The summed E-state index contributed by atoms with van der Waals surface area (Å²) < 4.78 is 11.6. The van der Waals surface area contributed by atoms with Gasteiger partial charge in [0.05, 0.1) is 29.3 Å². The van der Waals surface area contributed by atoms with Gasteiger partial charge in [-0.3, -0.25) is 4.79 Å². The molecule has 0 bridgehead atoms. The van der Waals surface area contributed by atoms with Gasteiger partial charge in [0.2, 0.25) is 0 Å². The number of thiophene rings is 1. The predicted octanol–water partition coefficient (Wildman–Crippen LogP) is 3.68. The normalized spacial score (nSPS) is 10.7. The lowest BCUT2D eigenvalue weighted by Gasteiger charge is -2.11. The van der Waals surface area contributed by atoms with Gasteiger partial charge in [0.15, 0.2) is 11.5 Å². The molecule has 22 heavy (non-hydrogen) atoms. The molecule has 1 heterocycles. The van der Waals surface area contributed by atoms with E-state index >= 15 is 0 Å². The first kappa shape index (κ1) is 16.5. The summed E-state index contributed by atoms with van der Waals surface area (Å²) >= 11 is 4.79. The lowest BCUT2D eigenvalue weighted by atomic mass is 10.2. The number of methoxy groups -OCH3 is 1. The third-order valence-corrected chi connectivity index (χ3v) is 4.12. The van der Waals surface area contributed by atoms with E-state index in [0.29, 0.717) is 23.0 Å². The first-order chi connectivity index (χ1) is 10.7. The van der Waals surface area contributed by atoms with Gasteiger partial charge in [0, 0.05) is 0 Å². The Balaban J connectivity index is 2.12. The van der Waals surface area contributed by atoms with Crippen molar-refractivity contribution in [3.8, 4) is 11.5 Å². The molecular formula is C15H15BrN2O3S. The number of hydrazone groups is 1. The number of nitrogens with zero attached hydrogens (tertiary/aromatic N) is 1. The summed E-state index contributed by atoms with van der Waals surface area (Å²) in [5, 5.41) is 5.80. The van der Waals surface area contributed by atoms with Gasteiger partial charge in [0.25, 0.3) is 5.91 Å². The van der Waals surface area contributed by atoms with Crippen LogP contribution in [0.1, 0.15) is 22.2 Å². The van der Waals surface area contributed by atoms with Crippen LogP contribution in [0.5, 0.6) is 11.5 Å². The fraction of sp³-hybridized carbons (Fsp3) is 0.200. The van der Waals surface area contributed by atoms with Gasteiger partial charge in [-0.1, -0.05) is 6.07 Å². The average Bonchev–Trinajstić information content (AvgIpc) is 3.01. The summed E-state index contributed by atoms with van der Waals surface area (Å²) in [6.07, 6.45) is 1.55. The van der Waals surface area contributed by atoms with Crippen molar-refractivity contribution in [3.63, 3.8) is 0 Å². The highest BCUT2D eigenvalue weighted by Crippen LogP contribution is 2.36. The molecule has 1 N–H and O–H groups in total. The molecule has 2 rings (SSSR count). The molecule has 0 fully saturated rings. The Morgan fingerprint density at radius 1 is 1.50 bits per heavy atom. The lowest BCUT2D eigenvalue weighted by molar-refractivity contribution is 0.0959. The molecule has 1 amide bonds. The van der Waals surface area contributed by atoms with Crippen LogP contribution in [-0.2, 0) is 0 Å². The van der Waals surface area contributed by atoms with E-state index in [-0.39, 0.29) is 5.91 Å². The van der Waals surface area contributed by atoms with Crippen LogP contribution in [0.4, 0.5) is 0 Å². The van der Waals surface area contributed by atoms with Crippen molar-refractivity contribution in [3.05, 3.63) is 44.6 Å². The van der Waals surface area contributed by atoms with Crippen LogP contribution in [0, 0.1) is 0 Å². The molecule has 0 saturated heterocycles. The number of amides is 1. The van der Waals surface area contributed by atoms with Crippen molar-refractivity contribution in [1.82, 2.24) is 5.43 Å². The minimum absolute atomic E-state index is 0.233. The molecule has 0 radical (unpaired) electrons. The first-order valence-corrected chi connectivity index (χ1v) is 8.20.